The number of aryl methyl sites for hydroxylation is 2. The van der Waals surface area contributed by atoms with E-state index in [1.165, 1.54) is 24.5 Å². The van der Waals surface area contributed by atoms with E-state index in [1.54, 1.807) is 12.1 Å². The van der Waals surface area contributed by atoms with Crippen LogP contribution in [0.1, 0.15) is 43.3 Å². The van der Waals surface area contributed by atoms with Crippen LogP contribution in [0.25, 0.3) is 11.0 Å². The number of thiophene rings is 1. The lowest BCUT2D eigenvalue weighted by molar-refractivity contribution is 0.0601. The average Bonchev–Trinajstić information content (AvgIpc) is 3.22. The van der Waals surface area contributed by atoms with Gasteiger partial charge in [-0.3, -0.25) is 9.59 Å². The van der Waals surface area contributed by atoms with Gasteiger partial charge in [-0.1, -0.05) is 12.1 Å². The number of nitrogens with one attached hydrogen (secondary N) is 1. The van der Waals surface area contributed by atoms with Crippen molar-refractivity contribution in [2.45, 2.75) is 26.2 Å². The number of fused-ring (bicyclic) bond motifs is 2. The maximum absolute atomic E-state index is 12.7. The molecular weight excluding hydrogens is 366 g/mol. The fourth-order valence-electron chi connectivity index (χ4n) is 3.41. The molecule has 0 fully saturated rings. The van der Waals surface area contributed by atoms with Gasteiger partial charge in [0, 0.05) is 10.9 Å². The van der Waals surface area contributed by atoms with Crippen LogP contribution in [-0.2, 0) is 17.6 Å². The van der Waals surface area contributed by atoms with Gasteiger partial charge in [-0.15, -0.1) is 11.3 Å². The summed E-state index contributed by atoms with van der Waals surface area (Å²) >= 11 is 1.37. The van der Waals surface area contributed by atoms with E-state index in [-0.39, 0.29) is 11.2 Å². The molecule has 1 amide bonds. The molecule has 0 saturated heterocycles. The number of methoxy groups -OCH3 is 1. The summed E-state index contributed by atoms with van der Waals surface area (Å²) < 4.78 is 10.6. The molecule has 6 nitrogen and oxygen atoms in total. The number of ether oxygens (including phenoxy) is 1. The third kappa shape index (κ3) is 2.94. The third-order valence-corrected chi connectivity index (χ3v) is 5.92. The minimum Gasteiger partial charge on any atom is -0.465 e. The molecule has 1 N–H and O–H groups in total. The topological polar surface area (TPSA) is 85.6 Å². The van der Waals surface area contributed by atoms with Gasteiger partial charge < -0.3 is 14.5 Å². The van der Waals surface area contributed by atoms with E-state index in [4.69, 9.17) is 9.15 Å². The molecule has 0 atom stereocenters. The molecule has 0 bridgehead atoms. The summed E-state index contributed by atoms with van der Waals surface area (Å²) in [6.45, 7) is 1.81. The summed E-state index contributed by atoms with van der Waals surface area (Å²) in [7, 11) is 1.32. The first-order valence-electron chi connectivity index (χ1n) is 8.57. The summed E-state index contributed by atoms with van der Waals surface area (Å²) in [6.07, 6.45) is 2.65. The highest BCUT2D eigenvalue weighted by atomic mass is 32.1. The maximum Gasteiger partial charge on any atom is 0.341 e. The van der Waals surface area contributed by atoms with E-state index < -0.39 is 11.9 Å². The Kier molecular flexibility index (Phi) is 4.31. The van der Waals surface area contributed by atoms with Crippen LogP contribution >= 0.6 is 11.3 Å². The number of hydrogen-bond acceptors (Lipinski definition) is 6. The van der Waals surface area contributed by atoms with E-state index in [2.05, 4.69) is 5.32 Å². The number of rotatable bonds is 3. The SMILES string of the molecule is COC(=O)c1c(NC(=O)c2cc(=O)c3cccc(C)c3o2)sc2c1CCC2. The van der Waals surface area contributed by atoms with Crippen molar-refractivity contribution in [1.29, 1.82) is 0 Å². The first-order chi connectivity index (χ1) is 13.0. The molecule has 2 heterocycles. The highest BCUT2D eigenvalue weighted by Gasteiger charge is 2.28. The number of amides is 1. The minimum atomic E-state index is -0.567. The Morgan fingerprint density at radius 2 is 2.07 bits per heavy atom. The molecule has 2 aromatic heterocycles. The Hall–Kier alpha value is -2.93. The van der Waals surface area contributed by atoms with Gasteiger partial charge >= 0.3 is 5.97 Å². The fourth-order valence-corrected chi connectivity index (χ4v) is 4.68. The summed E-state index contributed by atoms with van der Waals surface area (Å²) in [5.41, 5.74) is 2.22. The van der Waals surface area contributed by atoms with E-state index >= 15 is 0 Å². The van der Waals surface area contributed by atoms with Gasteiger partial charge in [0.1, 0.15) is 10.6 Å². The van der Waals surface area contributed by atoms with Gasteiger partial charge in [-0.25, -0.2) is 4.79 Å². The second-order valence-electron chi connectivity index (χ2n) is 6.43. The highest BCUT2D eigenvalue weighted by molar-refractivity contribution is 7.17. The van der Waals surface area contributed by atoms with Crippen molar-refractivity contribution in [3.05, 3.63) is 61.8 Å². The normalized spacial score (nSPS) is 12.8. The first kappa shape index (κ1) is 17.5. The fraction of sp³-hybridized carbons (Fsp3) is 0.250. The van der Waals surface area contributed by atoms with Crippen molar-refractivity contribution < 1.29 is 18.7 Å². The van der Waals surface area contributed by atoms with Crippen LogP contribution in [0.5, 0.6) is 0 Å². The van der Waals surface area contributed by atoms with Crippen LogP contribution in [-0.4, -0.2) is 19.0 Å². The quantitative estimate of drug-likeness (QED) is 0.697. The molecule has 0 unspecified atom stereocenters. The van der Waals surface area contributed by atoms with Crippen molar-refractivity contribution in [2.24, 2.45) is 0 Å². The number of anilines is 1. The number of para-hydroxylation sites is 1. The summed E-state index contributed by atoms with van der Waals surface area (Å²) in [4.78, 5) is 38.3. The summed E-state index contributed by atoms with van der Waals surface area (Å²) in [5, 5.41) is 3.59. The molecule has 1 aromatic carbocycles. The molecular formula is C20H17NO5S. The smallest absolute Gasteiger partial charge is 0.341 e. The zero-order chi connectivity index (χ0) is 19.1. The molecule has 1 aliphatic carbocycles. The molecule has 4 rings (SSSR count). The molecule has 7 heteroatoms. The number of carbonyl (C=O) groups is 2. The van der Waals surface area contributed by atoms with Crippen LogP contribution in [0.3, 0.4) is 0 Å². The standard InChI is InChI=1S/C20H17NO5S/c1-10-5-3-6-11-13(22)9-14(26-17(10)11)18(23)21-19-16(20(24)25-2)12-7-4-8-15(12)27-19/h3,5-6,9H,4,7-8H2,1-2H3,(H,21,23). The van der Waals surface area contributed by atoms with Crippen LogP contribution < -0.4 is 10.7 Å². The summed E-state index contributed by atoms with van der Waals surface area (Å²) in [6, 6.07) is 6.42. The lowest BCUT2D eigenvalue weighted by Gasteiger charge is -2.08. The Labute approximate surface area is 158 Å². The van der Waals surface area contributed by atoms with Gasteiger partial charge in [0.25, 0.3) is 5.91 Å². The molecule has 0 spiro atoms. The van der Waals surface area contributed by atoms with Gasteiger partial charge in [0.15, 0.2) is 11.2 Å². The highest BCUT2D eigenvalue weighted by Crippen LogP contribution is 2.39. The zero-order valence-corrected chi connectivity index (χ0v) is 15.7. The molecule has 3 aromatic rings. The number of benzene rings is 1. The minimum absolute atomic E-state index is 0.0915. The maximum atomic E-state index is 12.7. The Morgan fingerprint density at radius 3 is 2.85 bits per heavy atom. The molecule has 0 radical (unpaired) electrons. The Balaban J connectivity index is 1.74. The van der Waals surface area contributed by atoms with Crippen LogP contribution in [0, 0.1) is 6.92 Å². The predicted molar refractivity (Wildman–Crippen MR) is 103 cm³/mol. The van der Waals surface area contributed by atoms with Gasteiger partial charge in [0.05, 0.1) is 18.1 Å². The molecule has 27 heavy (non-hydrogen) atoms. The van der Waals surface area contributed by atoms with E-state index in [0.29, 0.717) is 21.5 Å². The van der Waals surface area contributed by atoms with Crippen LogP contribution in [0.15, 0.2) is 33.5 Å². The monoisotopic (exact) mass is 383 g/mol. The largest absolute Gasteiger partial charge is 0.465 e. The van der Waals surface area contributed by atoms with Gasteiger partial charge in [0.2, 0.25) is 0 Å². The predicted octanol–water partition coefficient (Wildman–Crippen LogP) is 3.69. The summed E-state index contributed by atoms with van der Waals surface area (Å²) in [5.74, 6) is -1.13. The lowest BCUT2D eigenvalue weighted by Crippen LogP contribution is -2.16. The molecule has 0 aliphatic heterocycles. The van der Waals surface area contributed by atoms with Crippen LogP contribution in [0.2, 0.25) is 0 Å². The second-order valence-corrected chi connectivity index (χ2v) is 7.54. The van der Waals surface area contributed by atoms with Crippen LogP contribution in [0.4, 0.5) is 5.00 Å². The third-order valence-electron chi connectivity index (χ3n) is 4.71. The molecule has 1 aliphatic rings. The van der Waals surface area contributed by atoms with Crippen molar-refractivity contribution in [3.63, 3.8) is 0 Å². The van der Waals surface area contributed by atoms with Gasteiger partial charge in [-0.05, 0) is 43.4 Å². The Bertz CT molecular complexity index is 1140. The second kappa shape index (κ2) is 6.66. The lowest BCUT2D eigenvalue weighted by atomic mass is 10.1. The molecule has 138 valence electrons. The Morgan fingerprint density at radius 1 is 1.26 bits per heavy atom. The zero-order valence-electron chi connectivity index (χ0n) is 14.9. The van der Waals surface area contributed by atoms with Crippen molar-refractivity contribution in [2.75, 3.05) is 12.4 Å². The first-order valence-corrected chi connectivity index (χ1v) is 9.39. The van der Waals surface area contributed by atoms with Crippen molar-refractivity contribution >= 4 is 39.2 Å². The molecule has 0 saturated carbocycles. The number of carbonyl (C=O) groups excluding carboxylic acids is 2. The van der Waals surface area contributed by atoms with Gasteiger partial charge in [-0.2, -0.15) is 0 Å². The van der Waals surface area contributed by atoms with Crippen molar-refractivity contribution in [3.8, 4) is 0 Å². The number of esters is 1. The van der Waals surface area contributed by atoms with E-state index in [9.17, 15) is 14.4 Å². The van der Waals surface area contributed by atoms with E-state index in [0.717, 1.165) is 35.3 Å². The van der Waals surface area contributed by atoms with Crippen molar-refractivity contribution in [1.82, 2.24) is 0 Å². The number of hydrogen-bond donors (Lipinski definition) is 1. The average molecular weight is 383 g/mol. The van der Waals surface area contributed by atoms with E-state index in [1.807, 2.05) is 13.0 Å².